The molecule has 2 unspecified atom stereocenters. The fourth-order valence-corrected chi connectivity index (χ4v) is 6.09. The predicted molar refractivity (Wildman–Crippen MR) is 89.8 cm³/mol. The summed E-state index contributed by atoms with van der Waals surface area (Å²) in [5, 5.41) is 7.04. The van der Waals surface area contributed by atoms with Crippen LogP contribution in [-0.2, 0) is 16.3 Å². The Morgan fingerprint density at radius 3 is 2.90 bits per heavy atom. The fourth-order valence-electron chi connectivity index (χ4n) is 3.24. The van der Waals surface area contributed by atoms with Crippen LogP contribution in [-0.4, -0.2) is 32.5 Å². The molecule has 2 aromatic rings. The fraction of sp³-hybridized carbons (Fsp3) is 0.500. The van der Waals surface area contributed by atoms with Crippen LogP contribution in [0.4, 0.5) is 0 Å². The van der Waals surface area contributed by atoms with E-state index in [0.29, 0.717) is 11.5 Å². The van der Waals surface area contributed by atoms with E-state index in [2.05, 4.69) is 41.9 Å². The van der Waals surface area contributed by atoms with Gasteiger partial charge in [0.1, 0.15) is 0 Å². The van der Waals surface area contributed by atoms with Crippen molar-refractivity contribution in [2.45, 2.75) is 25.8 Å². The highest BCUT2D eigenvalue weighted by molar-refractivity contribution is 7.91. The van der Waals surface area contributed by atoms with Gasteiger partial charge in [0.15, 0.2) is 9.84 Å². The molecule has 0 radical (unpaired) electrons. The Kier molecular flexibility index (Phi) is 4.33. The van der Waals surface area contributed by atoms with Gasteiger partial charge in [0.2, 0.25) is 0 Å². The third-order valence-corrected chi connectivity index (χ3v) is 7.11. The van der Waals surface area contributed by atoms with Crippen LogP contribution in [0, 0.1) is 5.92 Å². The monoisotopic (exact) mass is 323 g/mol. The van der Waals surface area contributed by atoms with Crippen molar-refractivity contribution in [2.24, 2.45) is 5.92 Å². The topological polar surface area (TPSA) is 46.2 Å². The highest BCUT2D eigenvalue weighted by Crippen LogP contribution is 2.30. The smallest absolute Gasteiger partial charge is 0.150 e. The third kappa shape index (κ3) is 3.30. The molecule has 2 heterocycles. The summed E-state index contributed by atoms with van der Waals surface area (Å²) in [6.45, 7) is 2.96. The normalized spacial score (nSPS) is 22.6. The maximum absolute atomic E-state index is 11.7. The number of likely N-dealkylation sites (N-methyl/N-ethyl adjacent to an activating group) is 1. The van der Waals surface area contributed by atoms with E-state index >= 15 is 0 Å². The largest absolute Gasteiger partial charge is 0.314 e. The number of thiophene rings is 1. The SMILES string of the molecule is CCNC(Cc1csc2ccccc12)C1CCS(=O)(=O)C1. The average Bonchev–Trinajstić information content (AvgIpc) is 3.02. The Balaban J connectivity index is 1.82. The first-order chi connectivity index (χ1) is 10.1. The summed E-state index contributed by atoms with van der Waals surface area (Å²) in [7, 11) is -2.82. The Morgan fingerprint density at radius 2 is 2.19 bits per heavy atom. The van der Waals surface area contributed by atoms with Crippen molar-refractivity contribution < 1.29 is 8.42 Å². The summed E-state index contributed by atoms with van der Waals surface area (Å²) >= 11 is 1.77. The number of sulfone groups is 1. The van der Waals surface area contributed by atoms with Crippen molar-refractivity contribution in [3.05, 3.63) is 35.2 Å². The second kappa shape index (κ2) is 6.07. The van der Waals surface area contributed by atoms with Crippen molar-refractivity contribution in [3.8, 4) is 0 Å². The first kappa shape index (κ1) is 15.0. The van der Waals surface area contributed by atoms with Crippen LogP contribution in [0.1, 0.15) is 18.9 Å². The lowest BCUT2D eigenvalue weighted by molar-refractivity contribution is 0.387. The summed E-state index contributed by atoms with van der Waals surface area (Å²) in [6.07, 6.45) is 1.71. The molecule has 2 atom stereocenters. The van der Waals surface area contributed by atoms with Gasteiger partial charge in [0.05, 0.1) is 11.5 Å². The molecule has 3 nitrogen and oxygen atoms in total. The van der Waals surface area contributed by atoms with Crippen LogP contribution in [0.5, 0.6) is 0 Å². The van der Waals surface area contributed by atoms with Crippen molar-refractivity contribution in [3.63, 3.8) is 0 Å². The molecule has 1 aliphatic rings. The highest BCUT2D eigenvalue weighted by Gasteiger charge is 2.33. The van der Waals surface area contributed by atoms with Gasteiger partial charge in [0.25, 0.3) is 0 Å². The van der Waals surface area contributed by atoms with Gasteiger partial charge < -0.3 is 5.32 Å². The Labute approximate surface area is 130 Å². The van der Waals surface area contributed by atoms with E-state index < -0.39 is 9.84 Å². The zero-order valence-corrected chi connectivity index (χ0v) is 13.8. The molecule has 0 aliphatic carbocycles. The molecule has 1 N–H and O–H groups in total. The van der Waals surface area contributed by atoms with E-state index in [4.69, 9.17) is 0 Å². The van der Waals surface area contributed by atoms with E-state index in [-0.39, 0.29) is 12.0 Å². The van der Waals surface area contributed by atoms with E-state index in [1.165, 1.54) is 15.6 Å². The Bertz CT molecular complexity index is 721. The Hall–Kier alpha value is -0.910. The molecule has 0 spiro atoms. The number of fused-ring (bicyclic) bond motifs is 1. The number of hydrogen-bond donors (Lipinski definition) is 1. The molecule has 1 fully saturated rings. The summed E-state index contributed by atoms with van der Waals surface area (Å²) in [5.41, 5.74) is 1.34. The minimum atomic E-state index is -2.82. The van der Waals surface area contributed by atoms with Crippen LogP contribution >= 0.6 is 11.3 Å². The molecule has 5 heteroatoms. The minimum absolute atomic E-state index is 0.244. The third-order valence-electron chi connectivity index (χ3n) is 4.30. The summed E-state index contributed by atoms with van der Waals surface area (Å²) in [5.74, 6) is 0.935. The van der Waals surface area contributed by atoms with E-state index in [1.807, 2.05) is 0 Å². The molecule has 0 saturated carbocycles. The molecule has 1 saturated heterocycles. The first-order valence-electron chi connectivity index (χ1n) is 7.48. The van der Waals surface area contributed by atoms with Gasteiger partial charge in [-0.3, -0.25) is 0 Å². The summed E-state index contributed by atoms with van der Waals surface area (Å²) in [6, 6.07) is 8.70. The maximum Gasteiger partial charge on any atom is 0.150 e. The number of benzene rings is 1. The first-order valence-corrected chi connectivity index (χ1v) is 10.2. The molecular weight excluding hydrogens is 302 g/mol. The van der Waals surface area contributed by atoms with Crippen LogP contribution in [0.25, 0.3) is 10.1 Å². The van der Waals surface area contributed by atoms with Crippen molar-refractivity contribution in [2.75, 3.05) is 18.1 Å². The zero-order chi connectivity index (χ0) is 14.9. The van der Waals surface area contributed by atoms with Gasteiger partial charge in [-0.2, -0.15) is 0 Å². The quantitative estimate of drug-likeness (QED) is 0.920. The van der Waals surface area contributed by atoms with Crippen molar-refractivity contribution in [1.29, 1.82) is 0 Å². The molecular formula is C16H21NO2S2. The summed E-state index contributed by atoms with van der Waals surface area (Å²) in [4.78, 5) is 0. The van der Waals surface area contributed by atoms with E-state index in [1.54, 1.807) is 11.3 Å². The zero-order valence-electron chi connectivity index (χ0n) is 12.2. The molecule has 0 bridgehead atoms. The summed E-state index contributed by atoms with van der Waals surface area (Å²) < 4.78 is 24.8. The lowest BCUT2D eigenvalue weighted by atomic mass is 9.93. The lowest BCUT2D eigenvalue weighted by Crippen LogP contribution is -2.38. The second-order valence-corrected chi connectivity index (χ2v) is 8.93. The number of hydrogen-bond acceptors (Lipinski definition) is 4. The van der Waals surface area contributed by atoms with Gasteiger partial charge in [-0.15, -0.1) is 11.3 Å². The van der Waals surface area contributed by atoms with Gasteiger partial charge >= 0.3 is 0 Å². The average molecular weight is 323 g/mol. The molecule has 21 heavy (non-hydrogen) atoms. The Morgan fingerprint density at radius 1 is 1.38 bits per heavy atom. The standard InChI is InChI=1S/C16H21NO2S2/c1-2-17-15(12-7-8-21(18,19)11-12)9-13-10-20-16-6-4-3-5-14(13)16/h3-6,10,12,15,17H,2,7-9,11H2,1H3. The van der Waals surface area contributed by atoms with Crippen LogP contribution in [0.15, 0.2) is 29.6 Å². The van der Waals surface area contributed by atoms with E-state index in [0.717, 1.165) is 19.4 Å². The van der Waals surface area contributed by atoms with Gasteiger partial charge in [0, 0.05) is 10.7 Å². The van der Waals surface area contributed by atoms with Crippen LogP contribution in [0.2, 0.25) is 0 Å². The maximum atomic E-state index is 11.7. The molecule has 114 valence electrons. The molecule has 1 aliphatic heterocycles. The van der Waals surface area contributed by atoms with Crippen LogP contribution < -0.4 is 5.32 Å². The predicted octanol–water partition coefficient (Wildman–Crippen LogP) is 2.86. The number of rotatable bonds is 5. The van der Waals surface area contributed by atoms with E-state index in [9.17, 15) is 8.42 Å². The molecule has 1 aromatic heterocycles. The van der Waals surface area contributed by atoms with Gasteiger partial charge in [-0.1, -0.05) is 25.1 Å². The molecule has 0 amide bonds. The van der Waals surface area contributed by atoms with Crippen molar-refractivity contribution in [1.82, 2.24) is 5.32 Å². The second-order valence-electron chi connectivity index (χ2n) is 5.79. The lowest BCUT2D eigenvalue weighted by Gasteiger charge is -2.23. The molecule has 3 rings (SSSR count). The van der Waals surface area contributed by atoms with Gasteiger partial charge in [-0.25, -0.2) is 8.42 Å². The highest BCUT2D eigenvalue weighted by atomic mass is 32.2. The minimum Gasteiger partial charge on any atom is -0.314 e. The van der Waals surface area contributed by atoms with Crippen LogP contribution in [0.3, 0.4) is 0 Å². The number of nitrogens with one attached hydrogen (secondary N) is 1. The van der Waals surface area contributed by atoms with Crippen molar-refractivity contribution >= 4 is 31.3 Å². The van der Waals surface area contributed by atoms with Gasteiger partial charge in [-0.05, 0) is 47.7 Å². The molecule has 1 aromatic carbocycles.